The monoisotopic (exact) mass is 483 g/mol. The van der Waals surface area contributed by atoms with Crippen LogP contribution < -0.4 is 9.64 Å². The molecule has 0 aliphatic heterocycles. The van der Waals surface area contributed by atoms with E-state index >= 15 is 0 Å². The quantitative estimate of drug-likeness (QED) is 0.296. The molecule has 0 fully saturated rings. The second-order valence-corrected chi connectivity index (χ2v) is 7.92. The third-order valence-electron chi connectivity index (χ3n) is 5.59. The van der Waals surface area contributed by atoms with E-state index in [-0.39, 0.29) is 11.0 Å². The summed E-state index contributed by atoms with van der Waals surface area (Å²) in [5.74, 6) is 0.758. The molecule has 5 rings (SSSR count). The van der Waals surface area contributed by atoms with Crippen molar-refractivity contribution < 1.29 is 17.9 Å². The van der Waals surface area contributed by atoms with Gasteiger partial charge in [0.25, 0.3) is 5.78 Å². The van der Waals surface area contributed by atoms with Gasteiger partial charge in [0.1, 0.15) is 11.6 Å². The smallest absolute Gasteiger partial charge is 0.419 e. The van der Waals surface area contributed by atoms with Crippen LogP contribution in [0.4, 0.5) is 24.7 Å². The fraction of sp³-hybridized carbons (Fsp3) is 0.125. The number of rotatable bonds is 4. The summed E-state index contributed by atoms with van der Waals surface area (Å²) in [4.78, 5) is 6.54. The summed E-state index contributed by atoms with van der Waals surface area (Å²) >= 11 is 6.21. The molecular weight excluding hydrogens is 467 g/mol. The molecule has 0 aliphatic rings. The summed E-state index contributed by atoms with van der Waals surface area (Å²) in [6.07, 6.45) is -4.50. The SMILES string of the molecule is COc1cc(-c2cccc(N(C)c3nc4nnc(Cl)n4c4ccccc34)c2)ccc1C(F)(F)F. The molecule has 6 nitrogen and oxygen atoms in total. The summed E-state index contributed by atoms with van der Waals surface area (Å²) in [6, 6.07) is 18.9. The number of halogens is 4. The van der Waals surface area contributed by atoms with Crippen LogP contribution >= 0.6 is 11.6 Å². The third kappa shape index (κ3) is 3.67. The van der Waals surface area contributed by atoms with Gasteiger partial charge in [0.2, 0.25) is 5.28 Å². The van der Waals surface area contributed by atoms with Gasteiger partial charge in [-0.15, -0.1) is 10.2 Å². The lowest BCUT2D eigenvalue weighted by atomic mass is 10.0. The summed E-state index contributed by atoms with van der Waals surface area (Å²) < 4.78 is 46.4. The molecule has 0 saturated carbocycles. The molecule has 0 unspecified atom stereocenters. The maximum absolute atomic E-state index is 13.3. The predicted octanol–water partition coefficient (Wildman–Crippen LogP) is 6.39. The minimum atomic E-state index is -4.50. The van der Waals surface area contributed by atoms with E-state index < -0.39 is 11.7 Å². The molecule has 0 spiro atoms. The molecule has 5 aromatic rings. The number of anilines is 2. The molecule has 3 aromatic carbocycles. The highest BCUT2D eigenvalue weighted by Crippen LogP contribution is 2.39. The Hall–Kier alpha value is -3.85. The van der Waals surface area contributed by atoms with Crippen molar-refractivity contribution in [3.05, 3.63) is 77.6 Å². The van der Waals surface area contributed by atoms with Crippen LogP contribution in [0.2, 0.25) is 5.28 Å². The minimum absolute atomic E-state index is 0.214. The van der Waals surface area contributed by atoms with E-state index in [4.69, 9.17) is 16.3 Å². The van der Waals surface area contributed by atoms with Crippen LogP contribution in [0.3, 0.4) is 0 Å². The van der Waals surface area contributed by atoms with Gasteiger partial charge in [-0.1, -0.05) is 30.3 Å². The fourth-order valence-corrected chi connectivity index (χ4v) is 4.13. The molecule has 2 aromatic heterocycles. The molecule has 10 heteroatoms. The van der Waals surface area contributed by atoms with Gasteiger partial charge in [0.05, 0.1) is 18.2 Å². The van der Waals surface area contributed by atoms with Gasteiger partial charge < -0.3 is 9.64 Å². The van der Waals surface area contributed by atoms with Crippen LogP contribution in [0, 0.1) is 0 Å². The van der Waals surface area contributed by atoms with Gasteiger partial charge in [-0.25, -0.2) is 4.40 Å². The molecule has 2 heterocycles. The summed E-state index contributed by atoms with van der Waals surface area (Å²) in [7, 11) is 3.08. The molecule has 0 bridgehead atoms. The number of fused-ring (bicyclic) bond motifs is 3. The van der Waals surface area contributed by atoms with E-state index in [0.717, 1.165) is 28.2 Å². The summed E-state index contributed by atoms with van der Waals surface area (Å²) in [5.41, 5.74) is 2.09. The highest BCUT2D eigenvalue weighted by atomic mass is 35.5. The first-order valence-corrected chi connectivity index (χ1v) is 10.5. The number of aromatic nitrogens is 4. The zero-order valence-corrected chi connectivity index (χ0v) is 18.8. The van der Waals surface area contributed by atoms with Crippen molar-refractivity contribution in [3.63, 3.8) is 0 Å². The molecule has 172 valence electrons. The lowest BCUT2D eigenvalue weighted by molar-refractivity contribution is -0.138. The van der Waals surface area contributed by atoms with E-state index in [9.17, 15) is 13.2 Å². The summed E-state index contributed by atoms with van der Waals surface area (Å²) in [6.45, 7) is 0. The second kappa shape index (κ2) is 8.18. The molecule has 34 heavy (non-hydrogen) atoms. The van der Waals surface area contributed by atoms with Crippen molar-refractivity contribution in [1.29, 1.82) is 0 Å². The average molecular weight is 484 g/mol. The van der Waals surface area contributed by atoms with E-state index in [0.29, 0.717) is 17.2 Å². The van der Waals surface area contributed by atoms with Gasteiger partial charge in [-0.05, 0) is 59.1 Å². The molecule has 0 radical (unpaired) electrons. The Balaban J connectivity index is 1.60. The number of ether oxygens (including phenoxy) is 1. The lowest BCUT2D eigenvalue weighted by Gasteiger charge is -2.21. The number of alkyl halides is 3. The zero-order chi connectivity index (χ0) is 24.0. The number of hydrogen-bond acceptors (Lipinski definition) is 5. The molecule has 0 aliphatic carbocycles. The molecule has 0 saturated heterocycles. The van der Waals surface area contributed by atoms with Gasteiger partial charge in [-0.2, -0.15) is 18.2 Å². The first-order chi connectivity index (χ1) is 16.3. The number of benzene rings is 3. The highest BCUT2D eigenvalue weighted by molar-refractivity contribution is 6.29. The molecule has 0 amide bonds. The topological polar surface area (TPSA) is 55.5 Å². The summed E-state index contributed by atoms with van der Waals surface area (Å²) in [5, 5.41) is 9.02. The van der Waals surface area contributed by atoms with E-state index in [1.165, 1.54) is 19.2 Å². The molecular formula is C24H17ClF3N5O. The van der Waals surface area contributed by atoms with Crippen LogP contribution in [-0.4, -0.2) is 33.7 Å². The third-order valence-corrected chi connectivity index (χ3v) is 5.83. The van der Waals surface area contributed by atoms with Gasteiger partial charge >= 0.3 is 6.18 Å². The maximum Gasteiger partial charge on any atom is 0.419 e. The Morgan fingerprint density at radius 2 is 1.71 bits per heavy atom. The fourth-order valence-electron chi connectivity index (χ4n) is 3.93. The Labute approximate surface area is 197 Å². The van der Waals surface area contributed by atoms with Crippen LogP contribution in [0.5, 0.6) is 5.75 Å². The van der Waals surface area contributed by atoms with Gasteiger partial charge in [0, 0.05) is 18.1 Å². The Kier molecular flexibility index (Phi) is 5.28. The van der Waals surface area contributed by atoms with Crippen molar-refractivity contribution in [2.45, 2.75) is 6.18 Å². The minimum Gasteiger partial charge on any atom is -0.496 e. The van der Waals surface area contributed by atoms with Crippen molar-refractivity contribution in [2.24, 2.45) is 0 Å². The van der Waals surface area contributed by atoms with E-state index in [2.05, 4.69) is 15.2 Å². The number of hydrogen-bond donors (Lipinski definition) is 0. The zero-order valence-electron chi connectivity index (χ0n) is 18.0. The standard InChI is InChI=1S/C24H17ClF3N5O/c1-32(21-17-8-3-4-9-19(17)33-22(25)30-31-23(33)29-21)16-7-5-6-14(12-16)15-10-11-18(24(26,27)28)20(13-15)34-2/h3-13H,1-2H3. The van der Waals surface area contributed by atoms with Crippen molar-refractivity contribution in [2.75, 3.05) is 19.1 Å². The van der Waals surface area contributed by atoms with Crippen LogP contribution in [0.15, 0.2) is 66.7 Å². The average Bonchev–Trinajstić information content (AvgIpc) is 3.23. The molecule has 0 atom stereocenters. The number of nitrogens with zero attached hydrogens (tertiary/aromatic N) is 5. The Bertz CT molecular complexity index is 1530. The van der Waals surface area contributed by atoms with Crippen LogP contribution in [0.1, 0.15) is 5.56 Å². The normalized spacial score (nSPS) is 11.8. The predicted molar refractivity (Wildman–Crippen MR) is 125 cm³/mol. The first kappa shape index (κ1) is 22.0. The van der Waals surface area contributed by atoms with E-state index in [1.807, 2.05) is 60.5 Å². The van der Waals surface area contributed by atoms with Crippen LogP contribution in [-0.2, 0) is 6.18 Å². The first-order valence-electron chi connectivity index (χ1n) is 10.2. The Morgan fingerprint density at radius 1 is 0.941 bits per heavy atom. The van der Waals surface area contributed by atoms with Gasteiger partial charge in [-0.3, -0.25) is 0 Å². The van der Waals surface area contributed by atoms with Crippen molar-refractivity contribution in [1.82, 2.24) is 19.6 Å². The second-order valence-electron chi connectivity index (χ2n) is 7.58. The Morgan fingerprint density at radius 3 is 2.47 bits per heavy atom. The van der Waals surface area contributed by atoms with Crippen molar-refractivity contribution >= 4 is 39.8 Å². The largest absolute Gasteiger partial charge is 0.496 e. The number of methoxy groups -OCH3 is 1. The maximum atomic E-state index is 13.3. The highest BCUT2D eigenvalue weighted by Gasteiger charge is 2.34. The molecule has 0 N–H and O–H groups in total. The van der Waals surface area contributed by atoms with Gasteiger partial charge in [0.15, 0.2) is 0 Å². The van der Waals surface area contributed by atoms with E-state index in [1.54, 1.807) is 4.40 Å². The van der Waals surface area contributed by atoms with Crippen molar-refractivity contribution in [3.8, 4) is 16.9 Å². The van der Waals surface area contributed by atoms with Crippen LogP contribution in [0.25, 0.3) is 27.8 Å². The lowest BCUT2D eigenvalue weighted by Crippen LogP contribution is -2.13. The number of para-hydroxylation sites is 1.